The van der Waals surface area contributed by atoms with Gasteiger partial charge in [-0.15, -0.1) is 0 Å². The molecule has 1 aliphatic rings. The van der Waals surface area contributed by atoms with Crippen LogP contribution in [0.5, 0.6) is 0 Å². The molecule has 0 N–H and O–H groups in total. The van der Waals surface area contributed by atoms with Crippen molar-refractivity contribution in [3.8, 4) is 0 Å². The van der Waals surface area contributed by atoms with Gasteiger partial charge in [-0.05, 0) is 42.3 Å². The second kappa shape index (κ2) is 7.40. The smallest absolute Gasteiger partial charge is 0.219 e. The van der Waals surface area contributed by atoms with Crippen LogP contribution in [0.15, 0.2) is 48.7 Å². The van der Waals surface area contributed by atoms with Crippen molar-refractivity contribution >= 4 is 29.2 Å². The molecule has 140 valence electrons. The number of carbonyl (C=O) groups is 1. The van der Waals surface area contributed by atoms with Crippen molar-refractivity contribution in [3.05, 3.63) is 54.4 Å². The maximum absolute atomic E-state index is 12.1. The number of anilines is 3. The molecule has 27 heavy (non-hydrogen) atoms. The maximum Gasteiger partial charge on any atom is 0.219 e. The summed E-state index contributed by atoms with van der Waals surface area (Å²) in [6, 6.07) is 14.0. The van der Waals surface area contributed by atoms with Crippen LogP contribution in [0.4, 0.5) is 17.2 Å². The molecule has 0 radical (unpaired) electrons. The van der Waals surface area contributed by atoms with Crippen LogP contribution in [0.25, 0.3) is 5.65 Å². The first-order chi connectivity index (χ1) is 13.2. The molecule has 0 unspecified atom stereocenters. The predicted molar refractivity (Wildman–Crippen MR) is 107 cm³/mol. The van der Waals surface area contributed by atoms with Gasteiger partial charge in [0.2, 0.25) is 6.41 Å². The van der Waals surface area contributed by atoms with Gasteiger partial charge in [0.05, 0.1) is 24.6 Å². The lowest BCUT2D eigenvalue weighted by molar-refractivity contribution is -0.106. The summed E-state index contributed by atoms with van der Waals surface area (Å²) in [5, 5.41) is 0. The number of pyridine rings is 1. The normalized spacial score (nSPS) is 14.7. The van der Waals surface area contributed by atoms with E-state index in [1.54, 1.807) is 4.90 Å². The van der Waals surface area contributed by atoms with Crippen LogP contribution >= 0.6 is 0 Å². The lowest BCUT2D eigenvalue weighted by Crippen LogP contribution is -2.36. The first-order valence-electron chi connectivity index (χ1n) is 9.33. The van der Waals surface area contributed by atoms with Crippen LogP contribution in [0.3, 0.4) is 0 Å². The first kappa shape index (κ1) is 17.5. The number of amides is 1. The lowest BCUT2D eigenvalue weighted by atomic mass is 10.1. The van der Waals surface area contributed by atoms with Gasteiger partial charge in [0.15, 0.2) is 0 Å². The molecule has 3 aromatic rings. The SMILES string of the molecule is CC(C)c1nc2ccccn2c1N(C=O)c1ccc(N2CCOCC2)cc1. The van der Waals surface area contributed by atoms with Crippen molar-refractivity contribution in [2.75, 3.05) is 36.1 Å². The number of morpholine rings is 1. The number of rotatable bonds is 5. The van der Waals surface area contributed by atoms with Gasteiger partial charge in [0.25, 0.3) is 0 Å². The Kier molecular flexibility index (Phi) is 4.81. The molecule has 3 heterocycles. The molecule has 1 amide bonds. The van der Waals surface area contributed by atoms with Crippen LogP contribution in [0, 0.1) is 0 Å². The fourth-order valence-electron chi connectivity index (χ4n) is 3.51. The van der Waals surface area contributed by atoms with E-state index >= 15 is 0 Å². The zero-order chi connectivity index (χ0) is 18.8. The zero-order valence-corrected chi connectivity index (χ0v) is 15.7. The Morgan fingerprint density at radius 1 is 1.11 bits per heavy atom. The van der Waals surface area contributed by atoms with E-state index < -0.39 is 0 Å². The van der Waals surface area contributed by atoms with E-state index in [1.165, 1.54) is 0 Å². The third kappa shape index (κ3) is 3.28. The molecule has 4 rings (SSSR count). The second-order valence-electron chi connectivity index (χ2n) is 7.00. The topological polar surface area (TPSA) is 50.1 Å². The van der Waals surface area contributed by atoms with E-state index in [0.717, 1.165) is 61.2 Å². The van der Waals surface area contributed by atoms with Crippen molar-refractivity contribution in [1.29, 1.82) is 0 Å². The standard InChI is InChI=1S/C21H24N4O2/c1-16(2)20-21(24-10-4-3-5-19(24)22-20)25(15-26)18-8-6-17(7-9-18)23-11-13-27-14-12-23/h3-10,15-16H,11-14H2,1-2H3. The van der Waals surface area contributed by atoms with E-state index in [4.69, 9.17) is 9.72 Å². The molecule has 0 bridgehead atoms. The Hall–Kier alpha value is -2.86. The summed E-state index contributed by atoms with van der Waals surface area (Å²) in [7, 11) is 0. The highest BCUT2D eigenvalue weighted by Gasteiger charge is 2.22. The highest BCUT2D eigenvalue weighted by atomic mass is 16.5. The van der Waals surface area contributed by atoms with Gasteiger partial charge in [-0.1, -0.05) is 19.9 Å². The summed E-state index contributed by atoms with van der Waals surface area (Å²) in [5.41, 5.74) is 3.73. The lowest BCUT2D eigenvalue weighted by Gasteiger charge is -2.29. The summed E-state index contributed by atoms with van der Waals surface area (Å²) in [6.07, 6.45) is 2.81. The van der Waals surface area contributed by atoms with Crippen molar-refractivity contribution < 1.29 is 9.53 Å². The molecular formula is C21H24N4O2. The number of aromatic nitrogens is 2. The maximum atomic E-state index is 12.1. The van der Waals surface area contributed by atoms with Gasteiger partial charge in [-0.3, -0.25) is 14.1 Å². The molecular weight excluding hydrogens is 340 g/mol. The molecule has 1 fully saturated rings. The minimum atomic E-state index is 0.204. The highest BCUT2D eigenvalue weighted by Crippen LogP contribution is 2.33. The van der Waals surface area contributed by atoms with E-state index in [9.17, 15) is 4.79 Å². The number of benzene rings is 1. The monoisotopic (exact) mass is 364 g/mol. The summed E-state index contributed by atoms with van der Waals surface area (Å²) in [6.45, 7) is 7.47. The van der Waals surface area contributed by atoms with Crippen LogP contribution in [0.2, 0.25) is 0 Å². The van der Waals surface area contributed by atoms with Gasteiger partial charge >= 0.3 is 0 Å². The van der Waals surface area contributed by atoms with Crippen LogP contribution in [0.1, 0.15) is 25.5 Å². The Bertz CT molecular complexity index is 927. The molecule has 1 aromatic carbocycles. The van der Waals surface area contributed by atoms with Crippen LogP contribution in [-0.4, -0.2) is 42.1 Å². The largest absolute Gasteiger partial charge is 0.378 e. The number of ether oxygens (including phenoxy) is 1. The molecule has 1 aliphatic heterocycles. The quantitative estimate of drug-likeness (QED) is 0.649. The number of nitrogens with zero attached hydrogens (tertiary/aromatic N) is 4. The van der Waals surface area contributed by atoms with Gasteiger partial charge in [-0.25, -0.2) is 4.98 Å². The van der Waals surface area contributed by atoms with E-state index in [2.05, 4.69) is 30.9 Å². The van der Waals surface area contributed by atoms with Crippen molar-refractivity contribution in [1.82, 2.24) is 9.38 Å². The molecule has 1 saturated heterocycles. The van der Waals surface area contributed by atoms with E-state index in [0.29, 0.717) is 0 Å². The molecule has 0 aliphatic carbocycles. The summed E-state index contributed by atoms with van der Waals surface area (Å²) in [4.78, 5) is 20.8. The number of carbonyl (C=O) groups excluding carboxylic acids is 1. The average molecular weight is 364 g/mol. The second-order valence-corrected chi connectivity index (χ2v) is 7.00. The Morgan fingerprint density at radius 3 is 2.52 bits per heavy atom. The molecule has 6 nitrogen and oxygen atoms in total. The number of hydrogen-bond donors (Lipinski definition) is 0. The minimum absolute atomic E-state index is 0.204. The molecule has 0 atom stereocenters. The first-order valence-corrected chi connectivity index (χ1v) is 9.33. The van der Waals surface area contributed by atoms with Gasteiger partial charge in [-0.2, -0.15) is 0 Å². The number of hydrogen-bond acceptors (Lipinski definition) is 4. The van der Waals surface area contributed by atoms with Gasteiger partial charge in [0.1, 0.15) is 11.5 Å². The summed E-state index contributed by atoms with van der Waals surface area (Å²) in [5.74, 6) is 1.00. The van der Waals surface area contributed by atoms with E-state index in [-0.39, 0.29) is 5.92 Å². The summed E-state index contributed by atoms with van der Waals surface area (Å²) < 4.78 is 7.39. The predicted octanol–water partition coefficient (Wildman–Crippen LogP) is 3.59. The fourth-order valence-corrected chi connectivity index (χ4v) is 3.51. The Balaban J connectivity index is 1.73. The highest BCUT2D eigenvalue weighted by molar-refractivity contribution is 5.87. The van der Waals surface area contributed by atoms with Crippen molar-refractivity contribution in [3.63, 3.8) is 0 Å². The van der Waals surface area contributed by atoms with Crippen molar-refractivity contribution in [2.45, 2.75) is 19.8 Å². The third-order valence-electron chi connectivity index (χ3n) is 4.92. The third-order valence-corrected chi connectivity index (χ3v) is 4.92. The Morgan fingerprint density at radius 2 is 1.85 bits per heavy atom. The average Bonchev–Trinajstić information content (AvgIpc) is 3.10. The van der Waals surface area contributed by atoms with Gasteiger partial charge < -0.3 is 9.64 Å². The number of imidazole rings is 1. The molecule has 2 aromatic heterocycles. The number of fused-ring (bicyclic) bond motifs is 1. The molecule has 0 spiro atoms. The Labute approximate surface area is 159 Å². The van der Waals surface area contributed by atoms with Crippen LogP contribution < -0.4 is 9.80 Å². The van der Waals surface area contributed by atoms with Gasteiger partial charge in [0, 0.05) is 25.0 Å². The zero-order valence-electron chi connectivity index (χ0n) is 15.7. The molecule has 0 saturated carbocycles. The van der Waals surface area contributed by atoms with E-state index in [1.807, 2.05) is 40.9 Å². The molecule has 6 heteroatoms. The minimum Gasteiger partial charge on any atom is -0.378 e. The van der Waals surface area contributed by atoms with Crippen LogP contribution in [-0.2, 0) is 9.53 Å². The summed E-state index contributed by atoms with van der Waals surface area (Å²) >= 11 is 0. The fraction of sp³-hybridized carbons (Fsp3) is 0.333. The van der Waals surface area contributed by atoms with Crippen molar-refractivity contribution in [2.24, 2.45) is 0 Å².